The highest BCUT2D eigenvalue weighted by atomic mass is 16.3. The van der Waals surface area contributed by atoms with Crippen LogP contribution in [-0.4, -0.2) is 22.6 Å². The van der Waals surface area contributed by atoms with Gasteiger partial charge in [-0.05, 0) is 29.0 Å². The summed E-state index contributed by atoms with van der Waals surface area (Å²) in [5.41, 5.74) is 3.84. The number of carbonyl (C=O) groups is 2. The number of nitrogens with zero attached hydrogens (tertiary/aromatic N) is 1. The van der Waals surface area contributed by atoms with Gasteiger partial charge in [-0.25, -0.2) is 5.43 Å². The molecule has 25 heavy (non-hydrogen) atoms. The molecule has 0 saturated heterocycles. The molecule has 0 bridgehead atoms. The third-order valence-corrected chi connectivity index (χ3v) is 4.02. The van der Waals surface area contributed by atoms with Crippen molar-refractivity contribution in [3.05, 3.63) is 71.8 Å². The van der Waals surface area contributed by atoms with Crippen molar-refractivity contribution >= 4 is 34.0 Å². The van der Waals surface area contributed by atoms with E-state index < -0.39 is 5.91 Å². The van der Waals surface area contributed by atoms with Gasteiger partial charge in [0, 0.05) is 5.56 Å². The average molecular weight is 331 g/mol. The second-order valence-corrected chi connectivity index (χ2v) is 5.62. The number of benzene rings is 3. The third kappa shape index (κ3) is 2.59. The summed E-state index contributed by atoms with van der Waals surface area (Å²) in [6.45, 7) is 0. The lowest BCUT2D eigenvalue weighted by Crippen LogP contribution is -2.23. The molecule has 3 N–H and O–H groups in total. The van der Waals surface area contributed by atoms with E-state index in [0.29, 0.717) is 11.3 Å². The largest absolute Gasteiger partial charge is 0.507 e. The first-order valence-electron chi connectivity index (χ1n) is 7.64. The van der Waals surface area contributed by atoms with E-state index in [-0.39, 0.29) is 22.9 Å². The standard InChI is InChI=1S/C19H13N3O3/c23-16-10-12-6-2-1-5-11(12)9-14(16)18(24)22-21-17-13-7-3-4-8-15(13)20-19(17)25/h1-10,23H,(H,22,24)(H,20,21,25). The molecular weight excluding hydrogens is 318 g/mol. The Balaban J connectivity index is 1.65. The summed E-state index contributed by atoms with van der Waals surface area (Å²) in [5.74, 6) is -1.12. The molecule has 0 fully saturated rings. The van der Waals surface area contributed by atoms with E-state index in [2.05, 4.69) is 15.8 Å². The fourth-order valence-electron chi connectivity index (χ4n) is 2.79. The number of fused-ring (bicyclic) bond motifs is 2. The van der Waals surface area contributed by atoms with Crippen LogP contribution in [0.1, 0.15) is 15.9 Å². The number of hydrogen-bond donors (Lipinski definition) is 3. The van der Waals surface area contributed by atoms with Crippen molar-refractivity contribution in [3.8, 4) is 5.75 Å². The molecule has 0 aliphatic carbocycles. The number of rotatable bonds is 2. The minimum Gasteiger partial charge on any atom is -0.507 e. The molecule has 0 radical (unpaired) electrons. The van der Waals surface area contributed by atoms with Gasteiger partial charge < -0.3 is 10.4 Å². The lowest BCUT2D eigenvalue weighted by molar-refractivity contribution is -0.110. The van der Waals surface area contributed by atoms with E-state index in [9.17, 15) is 14.7 Å². The van der Waals surface area contributed by atoms with Gasteiger partial charge in [0.15, 0.2) is 5.71 Å². The van der Waals surface area contributed by atoms with Crippen molar-refractivity contribution in [2.45, 2.75) is 0 Å². The van der Waals surface area contributed by atoms with Gasteiger partial charge >= 0.3 is 0 Å². The average Bonchev–Trinajstić information content (AvgIpc) is 2.94. The Hall–Kier alpha value is -3.67. The van der Waals surface area contributed by atoms with Crippen LogP contribution in [0.4, 0.5) is 5.69 Å². The number of hydrogen-bond acceptors (Lipinski definition) is 4. The number of phenols is 1. The van der Waals surface area contributed by atoms with Gasteiger partial charge in [0.05, 0.1) is 11.3 Å². The molecule has 0 spiro atoms. The molecule has 2 amide bonds. The number of anilines is 1. The van der Waals surface area contributed by atoms with Crippen LogP contribution in [0.3, 0.4) is 0 Å². The Labute approximate surface area is 142 Å². The summed E-state index contributed by atoms with van der Waals surface area (Å²) in [6.07, 6.45) is 0. The van der Waals surface area contributed by atoms with Crippen molar-refractivity contribution in [2.75, 3.05) is 5.32 Å². The Morgan fingerprint density at radius 3 is 2.48 bits per heavy atom. The zero-order valence-corrected chi connectivity index (χ0v) is 13.0. The Morgan fingerprint density at radius 1 is 1.00 bits per heavy atom. The lowest BCUT2D eigenvalue weighted by Gasteiger charge is -2.06. The highest BCUT2D eigenvalue weighted by Gasteiger charge is 2.26. The SMILES string of the molecule is O=C1Nc2ccccc2/C1=N/NC(=O)c1cc2ccccc2cc1O. The number of phenolic OH excluding ortho intramolecular Hbond substituents is 1. The normalized spacial score (nSPS) is 14.4. The van der Waals surface area contributed by atoms with Crippen LogP contribution < -0.4 is 10.7 Å². The van der Waals surface area contributed by atoms with Crippen LogP contribution in [0.2, 0.25) is 0 Å². The van der Waals surface area contributed by atoms with Gasteiger partial charge in [-0.2, -0.15) is 5.10 Å². The molecule has 3 aromatic rings. The first-order chi connectivity index (χ1) is 12.1. The number of amides is 2. The first kappa shape index (κ1) is 14.9. The fourth-order valence-corrected chi connectivity index (χ4v) is 2.79. The van der Waals surface area contributed by atoms with Crippen LogP contribution in [0, 0.1) is 0 Å². The Kier molecular flexibility index (Phi) is 3.43. The van der Waals surface area contributed by atoms with Crippen LogP contribution >= 0.6 is 0 Å². The van der Waals surface area contributed by atoms with Crippen LogP contribution in [0.25, 0.3) is 10.8 Å². The first-order valence-corrected chi connectivity index (χ1v) is 7.64. The minimum atomic E-state index is -0.590. The van der Waals surface area contributed by atoms with E-state index >= 15 is 0 Å². The van der Waals surface area contributed by atoms with Crippen molar-refractivity contribution in [3.63, 3.8) is 0 Å². The van der Waals surface area contributed by atoms with E-state index in [1.54, 1.807) is 30.3 Å². The molecule has 6 nitrogen and oxygen atoms in total. The zero-order valence-electron chi connectivity index (χ0n) is 13.0. The van der Waals surface area contributed by atoms with Crippen molar-refractivity contribution < 1.29 is 14.7 Å². The van der Waals surface area contributed by atoms with Gasteiger partial charge in [-0.3, -0.25) is 9.59 Å². The maximum absolute atomic E-state index is 12.4. The molecule has 4 rings (SSSR count). The summed E-state index contributed by atoms with van der Waals surface area (Å²) in [7, 11) is 0. The van der Waals surface area contributed by atoms with Crippen molar-refractivity contribution in [1.29, 1.82) is 0 Å². The monoisotopic (exact) mass is 331 g/mol. The molecule has 122 valence electrons. The topological polar surface area (TPSA) is 90.8 Å². The highest BCUT2D eigenvalue weighted by molar-refractivity contribution is 6.53. The molecule has 3 aromatic carbocycles. The summed E-state index contributed by atoms with van der Waals surface area (Å²) in [5, 5.41) is 18.4. The highest BCUT2D eigenvalue weighted by Crippen LogP contribution is 2.25. The van der Waals surface area contributed by atoms with E-state index in [0.717, 1.165) is 10.8 Å². The lowest BCUT2D eigenvalue weighted by atomic mass is 10.1. The maximum atomic E-state index is 12.4. The summed E-state index contributed by atoms with van der Waals surface area (Å²) >= 11 is 0. The zero-order chi connectivity index (χ0) is 17.4. The Bertz CT molecular complexity index is 1060. The number of aromatic hydroxyl groups is 1. The number of nitrogens with one attached hydrogen (secondary N) is 2. The van der Waals surface area contributed by atoms with Gasteiger partial charge in [0.2, 0.25) is 0 Å². The molecule has 0 unspecified atom stereocenters. The second kappa shape index (κ2) is 5.76. The molecule has 0 atom stereocenters. The van der Waals surface area contributed by atoms with Crippen LogP contribution in [-0.2, 0) is 4.79 Å². The number of para-hydroxylation sites is 1. The van der Waals surface area contributed by atoms with E-state index in [4.69, 9.17) is 0 Å². The number of hydrazone groups is 1. The second-order valence-electron chi connectivity index (χ2n) is 5.62. The molecular formula is C19H13N3O3. The predicted octanol–water partition coefficient (Wildman–Crippen LogP) is 2.63. The van der Waals surface area contributed by atoms with Crippen molar-refractivity contribution in [2.24, 2.45) is 5.10 Å². The molecule has 0 aromatic heterocycles. The van der Waals surface area contributed by atoms with Crippen LogP contribution in [0.5, 0.6) is 5.75 Å². The minimum absolute atomic E-state index is 0.0924. The van der Waals surface area contributed by atoms with Crippen LogP contribution in [0.15, 0.2) is 65.8 Å². The molecule has 6 heteroatoms. The van der Waals surface area contributed by atoms with Gasteiger partial charge in [-0.15, -0.1) is 0 Å². The maximum Gasteiger partial charge on any atom is 0.276 e. The third-order valence-electron chi connectivity index (χ3n) is 4.02. The smallest absolute Gasteiger partial charge is 0.276 e. The summed E-state index contributed by atoms with van der Waals surface area (Å²) in [4.78, 5) is 24.4. The van der Waals surface area contributed by atoms with Crippen molar-refractivity contribution in [1.82, 2.24) is 5.43 Å². The summed E-state index contributed by atoms with van der Waals surface area (Å²) in [6, 6.07) is 17.6. The molecule has 1 aliphatic heterocycles. The molecule has 0 saturated carbocycles. The quantitative estimate of drug-likeness (QED) is 0.631. The fraction of sp³-hybridized carbons (Fsp3) is 0. The number of carbonyl (C=O) groups excluding carboxylic acids is 2. The van der Waals surface area contributed by atoms with Gasteiger partial charge in [0.25, 0.3) is 11.8 Å². The van der Waals surface area contributed by atoms with E-state index in [1.165, 1.54) is 6.07 Å². The molecule has 1 aliphatic rings. The molecule has 1 heterocycles. The Morgan fingerprint density at radius 2 is 1.68 bits per heavy atom. The van der Waals surface area contributed by atoms with Gasteiger partial charge in [-0.1, -0.05) is 42.5 Å². The predicted molar refractivity (Wildman–Crippen MR) is 94.7 cm³/mol. The van der Waals surface area contributed by atoms with Gasteiger partial charge in [0.1, 0.15) is 5.75 Å². The summed E-state index contributed by atoms with van der Waals surface area (Å²) < 4.78 is 0. The van der Waals surface area contributed by atoms with E-state index in [1.807, 2.05) is 24.3 Å².